The summed E-state index contributed by atoms with van der Waals surface area (Å²) in [5.74, 6) is 1.54. The molecule has 0 aliphatic rings. The van der Waals surface area contributed by atoms with Crippen LogP contribution in [0.4, 0.5) is 11.5 Å². The number of nitrogens with zero attached hydrogens (tertiary/aromatic N) is 2. The molecule has 0 spiro atoms. The van der Waals surface area contributed by atoms with Crippen LogP contribution in [-0.2, 0) is 0 Å². The normalized spacial score (nSPS) is 10.5. The lowest BCUT2D eigenvalue weighted by atomic mass is 10.2. The minimum atomic E-state index is 0.00855. The van der Waals surface area contributed by atoms with Crippen molar-refractivity contribution in [2.45, 2.75) is 33.8 Å². The topological polar surface area (TPSA) is 54.5 Å². The summed E-state index contributed by atoms with van der Waals surface area (Å²) in [6, 6.07) is 11.3. The van der Waals surface area contributed by atoms with Crippen LogP contribution < -0.4 is 10.1 Å². The number of amides is 1. The molecule has 2 rings (SSSR count). The zero-order chi connectivity index (χ0) is 17.5. The minimum absolute atomic E-state index is 0.00855. The predicted octanol–water partition coefficient (Wildman–Crippen LogP) is 4.09. The van der Waals surface area contributed by atoms with Gasteiger partial charge in [-0.1, -0.05) is 0 Å². The molecule has 0 aliphatic carbocycles. The monoisotopic (exact) mass is 327 g/mol. The highest BCUT2D eigenvalue weighted by Gasteiger charge is 2.12. The second-order valence-electron chi connectivity index (χ2n) is 5.73. The van der Waals surface area contributed by atoms with Crippen molar-refractivity contribution in [3.05, 3.63) is 48.2 Å². The molecule has 1 aromatic heterocycles. The summed E-state index contributed by atoms with van der Waals surface area (Å²) in [6.07, 6.45) is 1.76. The quantitative estimate of drug-likeness (QED) is 0.832. The Morgan fingerprint density at radius 1 is 1.12 bits per heavy atom. The lowest BCUT2D eigenvalue weighted by molar-refractivity contribution is 0.0772. The van der Waals surface area contributed by atoms with Gasteiger partial charge in [0.05, 0.1) is 11.7 Å². The summed E-state index contributed by atoms with van der Waals surface area (Å²) in [5.41, 5.74) is 1.52. The summed E-state index contributed by atoms with van der Waals surface area (Å²) in [4.78, 5) is 18.4. The van der Waals surface area contributed by atoms with Crippen molar-refractivity contribution in [3.8, 4) is 5.75 Å². The van der Waals surface area contributed by atoms with Crippen molar-refractivity contribution in [2.24, 2.45) is 0 Å². The Hall–Kier alpha value is -2.56. The molecule has 0 atom stereocenters. The Morgan fingerprint density at radius 3 is 2.29 bits per heavy atom. The Labute approximate surface area is 143 Å². The molecule has 0 saturated carbocycles. The molecule has 24 heavy (non-hydrogen) atoms. The van der Waals surface area contributed by atoms with Gasteiger partial charge in [-0.05, 0) is 64.1 Å². The first-order valence-electron chi connectivity index (χ1n) is 8.32. The summed E-state index contributed by atoms with van der Waals surface area (Å²) in [5, 5.41) is 3.22. The van der Waals surface area contributed by atoms with Crippen LogP contribution in [0.15, 0.2) is 42.6 Å². The smallest absolute Gasteiger partial charge is 0.255 e. The number of carbonyl (C=O) groups is 1. The highest BCUT2D eigenvalue weighted by molar-refractivity contribution is 5.94. The average molecular weight is 327 g/mol. The molecule has 0 bridgehead atoms. The molecule has 0 unspecified atom stereocenters. The minimum Gasteiger partial charge on any atom is -0.491 e. The number of carbonyl (C=O) groups excluding carboxylic acids is 1. The zero-order valence-corrected chi connectivity index (χ0v) is 14.7. The molecular weight excluding hydrogens is 302 g/mol. The zero-order valence-electron chi connectivity index (χ0n) is 14.7. The van der Waals surface area contributed by atoms with Gasteiger partial charge in [-0.25, -0.2) is 4.98 Å². The van der Waals surface area contributed by atoms with Crippen LogP contribution in [0, 0.1) is 0 Å². The maximum absolute atomic E-state index is 12.3. The Morgan fingerprint density at radius 2 is 1.79 bits per heavy atom. The second-order valence-corrected chi connectivity index (χ2v) is 5.73. The number of hydrogen-bond donors (Lipinski definition) is 1. The van der Waals surface area contributed by atoms with E-state index in [-0.39, 0.29) is 12.0 Å². The van der Waals surface area contributed by atoms with Crippen molar-refractivity contribution in [1.82, 2.24) is 9.88 Å². The molecule has 0 saturated heterocycles. The van der Waals surface area contributed by atoms with Gasteiger partial charge in [-0.15, -0.1) is 0 Å². The molecule has 0 aliphatic heterocycles. The van der Waals surface area contributed by atoms with E-state index >= 15 is 0 Å². The first-order valence-corrected chi connectivity index (χ1v) is 8.32. The third kappa shape index (κ3) is 4.72. The van der Waals surface area contributed by atoms with Gasteiger partial charge in [0.25, 0.3) is 5.91 Å². The number of aromatic nitrogens is 1. The fraction of sp³-hybridized carbons (Fsp3) is 0.368. The summed E-state index contributed by atoms with van der Waals surface area (Å²) in [7, 11) is 0. The second kappa shape index (κ2) is 8.34. The Kier molecular flexibility index (Phi) is 6.18. The summed E-state index contributed by atoms with van der Waals surface area (Å²) >= 11 is 0. The van der Waals surface area contributed by atoms with E-state index in [1.807, 2.05) is 58.0 Å². The first-order chi connectivity index (χ1) is 11.5. The van der Waals surface area contributed by atoms with Gasteiger partial charge in [-0.2, -0.15) is 0 Å². The van der Waals surface area contributed by atoms with Crippen LogP contribution in [0.5, 0.6) is 5.75 Å². The van der Waals surface area contributed by atoms with Crippen molar-refractivity contribution in [2.75, 3.05) is 18.4 Å². The molecule has 1 heterocycles. The first kappa shape index (κ1) is 17.8. The molecule has 0 fully saturated rings. The third-order valence-electron chi connectivity index (χ3n) is 3.56. The highest BCUT2D eigenvalue weighted by atomic mass is 16.5. The molecule has 2 aromatic rings. The van der Waals surface area contributed by atoms with Crippen molar-refractivity contribution < 1.29 is 9.53 Å². The molecule has 5 heteroatoms. The number of hydrogen-bond acceptors (Lipinski definition) is 4. The lowest BCUT2D eigenvalue weighted by Crippen LogP contribution is -2.30. The largest absolute Gasteiger partial charge is 0.491 e. The number of anilines is 2. The van der Waals surface area contributed by atoms with Gasteiger partial charge < -0.3 is 15.0 Å². The average Bonchev–Trinajstić information content (AvgIpc) is 2.58. The SMILES string of the molecule is CCN(CC)C(=O)c1ccc(Nc2ccc(OC(C)C)cc2)nc1. The van der Waals surface area contributed by atoms with Crippen LogP contribution >= 0.6 is 0 Å². The lowest BCUT2D eigenvalue weighted by Gasteiger charge is -2.18. The molecule has 0 radical (unpaired) electrons. The number of nitrogens with one attached hydrogen (secondary N) is 1. The Balaban J connectivity index is 2.02. The van der Waals surface area contributed by atoms with Gasteiger partial charge in [0.2, 0.25) is 0 Å². The van der Waals surface area contributed by atoms with E-state index in [9.17, 15) is 4.79 Å². The molecule has 128 valence electrons. The maximum atomic E-state index is 12.3. The molecule has 1 amide bonds. The van der Waals surface area contributed by atoms with E-state index in [4.69, 9.17) is 4.74 Å². The van der Waals surface area contributed by atoms with E-state index < -0.39 is 0 Å². The van der Waals surface area contributed by atoms with E-state index in [2.05, 4.69) is 10.3 Å². The summed E-state index contributed by atoms with van der Waals surface area (Å²) < 4.78 is 5.62. The van der Waals surface area contributed by atoms with Crippen LogP contribution in [0.3, 0.4) is 0 Å². The predicted molar refractivity (Wildman–Crippen MR) is 97.0 cm³/mol. The van der Waals surface area contributed by atoms with Gasteiger partial charge in [0.15, 0.2) is 0 Å². The fourth-order valence-corrected chi connectivity index (χ4v) is 2.32. The van der Waals surface area contributed by atoms with E-state index in [1.54, 1.807) is 17.2 Å². The fourth-order valence-electron chi connectivity index (χ4n) is 2.32. The van der Waals surface area contributed by atoms with Gasteiger partial charge in [0, 0.05) is 25.0 Å². The number of pyridine rings is 1. The number of benzene rings is 1. The molecule has 5 nitrogen and oxygen atoms in total. The number of rotatable bonds is 7. The summed E-state index contributed by atoms with van der Waals surface area (Å²) in [6.45, 7) is 9.32. The molecular formula is C19H25N3O2. The van der Waals surface area contributed by atoms with Crippen LogP contribution in [0.2, 0.25) is 0 Å². The Bertz CT molecular complexity index is 647. The molecule has 1 N–H and O–H groups in total. The van der Waals surface area contributed by atoms with E-state index in [0.29, 0.717) is 24.5 Å². The standard InChI is InChI=1S/C19H25N3O2/c1-5-22(6-2)19(23)15-7-12-18(20-13-15)21-16-8-10-17(11-9-16)24-14(3)4/h7-14H,5-6H2,1-4H3,(H,20,21). The van der Waals surface area contributed by atoms with Crippen molar-refractivity contribution >= 4 is 17.4 Å². The van der Waals surface area contributed by atoms with Crippen molar-refractivity contribution in [1.29, 1.82) is 0 Å². The molecule has 1 aromatic carbocycles. The van der Waals surface area contributed by atoms with Gasteiger partial charge >= 0.3 is 0 Å². The maximum Gasteiger partial charge on any atom is 0.255 e. The van der Waals surface area contributed by atoms with Crippen molar-refractivity contribution in [3.63, 3.8) is 0 Å². The highest BCUT2D eigenvalue weighted by Crippen LogP contribution is 2.20. The van der Waals surface area contributed by atoms with Crippen LogP contribution in [0.1, 0.15) is 38.1 Å². The third-order valence-corrected chi connectivity index (χ3v) is 3.56. The van der Waals surface area contributed by atoms with Crippen LogP contribution in [0.25, 0.3) is 0 Å². The number of ether oxygens (including phenoxy) is 1. The van der Waals surface area contributed by atoms with E-state index in [0.717, 1.165) is 11.4 Å². The van der Waals surface area contributed by atoms with Gasteiger partial charge in [0.1, 0.15) is 11.6 Å². The van der Waals surface area contributed by atoms with Crippen LogP contribution in [-0.4, -0.2) is 35.0 Å². The van der Waals surface area contributed by atoms with Gasteiger partial charge in [-0.3, -0.25) is 4.79 Å². The van der Waals surface area contributed by atoms with E-state index in [1.165, 1.54) is 0 Å².